The molecular formula is C23H28ClN3O2. The highest BCUT2D eigenvalue weighted by Gasteiger charge is 2.38. The van der Waals surface area contributed by atoms with Gasteiger partial charge in [-0.2, -0.15) is 0 Å². The van der Waals surface area contributed by atoms with Gasteiger partial charge in [-0.05, 0) is 67.5 Å². The molecule has 2 aliphatic heterocycles. The maximum absolute atomic E-state index is 13.2. The number of rotatable bonds is 3. The number of carbonyl (C=O) groups is 2. The average molecular weight is 414 g/mol. The first-order valence-corrected chi connectivity index (χ1v) is 10.0. The third kappa shape index (κ3) is 4.62. The largest absolute Gasteiger partial charge is 0.329 e. The molecule has 154 valence electrons. The lowest BCUT2D eigenvalue weighted by molar-refractivity contribution is -0.138. The standard InChI is InChI=1S/C23H27N3O2.ClH/c1-15-10-16(2)12-19(11-15)25-22(27)21-8-5-9-26(21)23(28)20-13-17-6-3-4-7-18(17)14-24-20;/h3-4,6-7,10-12,20-21,24H,5,8-9,13-14H2,1-2H3,(H,25,27);1H. The number of amides is 2. The van der Waals surface area contributed by atoms with Crippen molar-refractivity contribution in [2.45, 2.75) is 51.7 Å². The number of fused-ring (bicyclic) bond motifs is 1. The van der Waals surface area contributed by atoms with E-state index in [1.807, 2.05) is 38.1 Å². The molecule has 0 spiro atoms. The fraction of sp³-hybridized carbons (Fsp3) is 0.391. The number of benzene rings is 2. The van der Waals surface area contributed by atoms with Gasteiger partial charge in [-0.3, -0.25) is 9.59 Å². The molecule has 2 aromatic carbocycles. The zero-order valence-electron chi connectivity index (χ0n) is 16.9. The lowest BCUT2D eigenvalue weighted by atomic mass is 9.95. The van der Waals surface area contributed by atoms with E-state index in [1.165, 1.54) is 11.1 Å². The Labute approximate surface area is 178 Å². The number of aryl methyl sites for hydroxylation is 2. The van der Waals surface area contributed by atoms with Crippen LogP contribution in [0.4, 0.5) is 5.69 Å². The van der Waals surface area contributed by atoms with Gasteiger partial charge in [0.05, 0.1) is 6.04 Å². The van der Waals surface area contributed by atoms with Crippen molar-refractivity contribution in [1.29, 1.82) is 0 Å². The first kappa shape index (κ1) is 21.3. The quantitative estimate of drug-likeness (QED) is 0.811. The normalized spacial score (nSPS) is 20.6. The van der Waals surface area contributed by atoms with Gasteiger partial charge in [-0.15, -0.1) is 12.4 Å². The van der Waals surface area contributed by atoms with Gasteiger partial charge in [-0.1, -0.05) is 30.3 Å². The van der Waals surface area contributed by atoms with Gasteiger partial charge in [0.15, 0.2) is 0 Å². The molecule has 2 aromatic rings. The number of anilines is 1. The first-order valence-electron chi connectivity index (χ1n) is 10.0. The van der Waals surface area contributed by atoms with Crippen LogP contribution < -0.4 is 10.6 Å². The smallest absolute Gasteiger partial charge is 0.247 e. The Morgan fingerprint density at radius 2 is 1.76 bits per heavy atom. The van der Waals surface area contributed by atoms with E-state index < -0.39 is 6.04 Å². The summed E-state index contributed by atoms with van der Waals surface area (Å²) in [6, 6.07) is 13.6. The molecule has 2 atom stereocenters. The molecule has 0 aromatic heterocycles. The van der Waals surface area contributed by atoms with E-state index in [4.69, 9.17) is 0 Å². The molecule has 0 saturated carbocycles. The van der Waals surface area contributed by atoms with E-state index in [0.29, 0.717) is 25.9 Å². The Hall–Kier alpha value is -2.37. The molecule has 5 nitrogen and oxygen atoms in total. The molecule has 2 N–H and O–H groups in total. The van der Waals surface area contributed by atoms with Gasteiger partial charge >= 0.3 is 0 Å². The fourth-order valence-corrected chi connectivity index (χ4v) is 4.40. The van der Waals surface area contributed by atoms with Crippen molar-refractivity contribution in [2.24, 2.45) is 0 Å². The summed E-state index contributed by atoms with van der Waals surface area (Å²) in [6.07, 6.45) is 2.25. The molecule has 0 radical (unpaired) electrons. The van der Waals surface area contributed by atoms with E-state index in [2.05, 4.69) is 28.8 Å². The number of nitrogens with one attached hydrogen (secondary N) is 2. The van der Waals surface area contributed by atoms with Crippen molar-refractivity contribution in [2.75, 3.05) is 11.9 Å². The van der Waals surface area contributed by atoms with E-state index in [-0.39, 0.29) is 30.3 Å². The minimum absolute atomic E-state index is 0. The zero-order chi connectivity index (χ0) is 19.7. The lowest BCUT2D eigenvalue weighted by Crippen LogP contribution is -2.53. The predicted molar refractivity (Wildman–Crippen MR) is 117 cm³/mol. The molecule has 2 amide bonds. The molecular weight excluding hydrogens is 386 g/mol. The molecule has 4 rings (SSSR count). The average Bonchev–Trinajstić information content (AvgIpc) is 3.16. The molecule has 1 saturated heterocycles. The minimum atomic E-state index is -0.396. The summed E-state index contributed by atoms with van der Waals surface area (Å²) in [5.74, 6) is -0.0559. The van der Waals surface area contributed by atoms with Crippen LogP contribution >= 0.6 is 12.4 Å². The summed E-state index contributed by atoms with van der Waals surface area (Å²) < 4.78 is 0. The van der Waals surface area contributed by atoms with E-state index in [0.717, 1.165) is 23.2 Å². The highest BCUT2D eigenvalue weighted by Crippen LogP contribution is 2.24. The predicted octanol–water partition coefficient (Wildman–Crippen LogP) is 3.37. The fourth-order valence-electron chi connectivity index (χ4n) is 4.40. The van der Waals surface area contributed by atoms with Gasteiger partial charge in [0.1, 0.15) is 6.04 Å². The zero-order valence-corrected chi connectivity index (χ0v) is 17.7. The number of likely N-dealkylation sites (tertiary alicyclic amines) is 1. The van der Waals surface area contributed by atoms with Crippen molar-refractivity contribution in [3.05, 3.63) is 64.7 Å². The van der Waals surface area contributed by atoms with E-state index in [9.17, 15) is 9.59 Å². The lowest BCUT2D eigenvalue weighted by Gasteiger charge is -2.31. The maximum Gasteiger partial charge on any atom is 0.247 e. The summed E-state index contributed by atoms with van der Waals surface area (Å²) in [4.78, 5) is 27.8. The van der Waals surface area contributed by atoms with Crippen LogP contribution in [0.25, 0.3) is 0 Å². The van der Waals surface area contributed by atoms with Gasteiger partial charge in [0.25, 0.3) is 0 Å². The maximum atomic E-state index is 13.2. The van der Waals surface area contributed by atoms with Crippen LogP contribution in [0.3, 0.4) is 0 Å². The number of hydrogen-bond donors (Lipinski definition) is 2. The Morgan fingerprint density at radius 3 is 2.48 bits per heavy atom. The van der Waals surface area contributed by atoms with Crippen LogP contribution in [-0.2, 0) is 22.6 Å². The van der Waals surface area contributed by atoms with Gasteiger partial charge in [-0.25, -0.2) is 0 Å². The van der Waals surface area contributed by atoms with Crippen molar-refractivity contribution in [3.63, 3.8) is 0 Å². The van der Waals surface area contributed by atoms with Crippen LogP contribution in [0.15, 0.2) is 42.5 Å². The Morgan fingerprint density at radius 1 is 1.07 bits per heavy atom. The highest BCUT2D eigenvalue weighted by molar-refractivity contribution is 5.98. The van der Waals surface area contributed by atoms with Crippen LogP contribution in [0.5, 0.6) is 0 Å². The van der Waals surface area contributed by atoms with Gasteiger partial charge in [0.2, 0.25) is 11.8 Å². The number of carbonyl (C=O) groups excluding carboxylic acids is 2. The van der Waals surface area contributed by atoms with Crippen molar-refractivity contribution in [3.8, 4) is 0 Å². The van der Waals surface area contributed by atoms with Crippen molar-refractivity contribution in [1.82, 2.24) is 10.2 Å². The summed E-state index contributed by atoms with van der Waals surface area (Å²) in [6.45, 7) is 5.37. The minimum Gasteiger partial charge on any atom is -0.329 e. The summed E-state index contributed by atoms with van der Waals surface area (Å²) >= 11 is 0. The second kappa shape index (κ2) is 8.97. The second-order valence-corrected chi connectivity index (χ2v) is 7.96. The Kier molecular flexibility index (Phi) is 6.60. The van der Waals surface area contributed by atoms with Gasteiger partial charge < -0.3 is 15.5 Å². The van der Waals surface area contributed by atoms with Crippen LogP contribution in [0.2, 0.25) is 0 Å². The Balaban J connectivity index is 0.00000240. The van der Waals surface area contributed by atoms with E-state index in [1.54, 1.807) is 4.90 Å². The highest BCUT2D eigenvalue weighted by atomic mass is 35.5. The SMILES string of the molecule is Cc1cc(C)cc(NC(=O)C2CCCN2C(=O)C2Cc3ccccc3CN2)c1.Cl. The molecule has 0 aliphatic carbocycles. The number of hydrogen-bond acceptors (Lipinski definition) is 3. The first-order chi connectivity index (χ1) is 13.5. The summed E-state index contributed by atoms with van der Waals surface area (Å²) in [7, 11) is 0. The van der Waals surface area contributed by atoms with Crippen molar-refractivity contribution >= 4 is 29.9 Å². The molecule has 2 aliphatic rings. The summed E-state index contributed by atoms with van der Waals surface area (Å²) in [5.41, 5.74) is 5.48. The van der Waals surface area contributed by atoms with Crippen LogP contribution in [0.1, 0.15) is 35.1 Å². The second-order valence-electron chi connectivity index (χ2n) is 7.96. The van der Waals surface area contributed by atoms with Gasteiger partial charge in [0, 0.05) is 18.8 Å². The van der Waals surface area contributed by atoms with Crippen LogP contribution in [0, 0.1) is 13.8 Å². The molecule has 6 heteroatoms. The molecule has 1 fully saturated rings. The third-order valence-corrected chi connectivity index (χ3v) is 5.71. The van der Waals surface area contributed by atoms with E-state index >= 15 is 0 Å². The Bertz CT molecular complexity index is 894. The topological polar surface area (TPSA) is 61.4 Å². The van der Waals surface area contributed by atoms with Crippen LogP contribution in [-0.4, -0.2) is 35.3 Å². The molecule has 2 unspecified atom stereocenters. The number of halogens is 1. The molecule has 29 heavy (non-hydrogen) atoms. The van der Waals surface area contributed by atoms with Crippen molar-refractivity contribution < 1.29 is 9.59 Å². The number of nitrogens with zero attached hydrogens (tertiary/aromatic N) is 1. The molecule has 2 heterocycles. The molecule has 0 bridgehead atoms. The monoisotopic (exact) mass is 413 g/mol. The third-order valence-electron chi connectivity index (χ3n) is 5.71. The summed E-state index contributed by atoms with van der Waals surface area (Å²) in [5, 5.41) is 6.37.